The summed E-state index contributed by atoms with van der Waals surface area (Å²) < 4.78 is 15.2. The lowest BCUT2D eigenvalue weighted by Crippen LogP contribution is -3.61. The van der Waals surface area contributed by atoms with Crippen LogP contribution >= 0.6 is 0 Å². The van der Waals surface area contributed by atoms with E-state index in [9.17, 15) is 0 Å². The third kappa shape index (κ3) is 0.329. The molecule has 198 valence electrons. The predicted octanol–water partition coefficient (Wildman–Crippen LogP) is 3.97. The normalized spacial score (nSPS) is 133. The molecule has 28 saturated carbocycles. The van der Waals surface area contributed by atoms with Crippen LogP contribution in [0.4, 0.5) is 4.39 Å². The van der Waals surface area contributed by atoms with Gasteiger partial charge >= 0.3 is 0 Å². The fourth-order valence-electron chi connectivity index (χ4n) is 43.3. The van der Waals surface area contributed by atoms with Gasteiger partial charge in [0, 0.05) is 0 Å². The van der Waals surface area contributed by atoms with Gasteiger partial charge in [0.25, 0.3) is 0 Å². The molecule has 18 spiro atoms. The first kappa shape index (κ1) is 14.8. The van der Waals surface area contributed by atoms with Crippen LogP contribution in [0.5, 0.6) is 0 Å². The monoisotopic (exact) mass is 538 g/mol. The molecule has 28 rings (SSSR count). The summed E-state index contributed by atoms with van der Waals surface area (Å²) in [5, 5.41) is 0. The quantitative estimate of drug-likeness (QED) is 0.474. The van der Waals surface area contributed by atoms with Gasteiger partial charge in [0.15, 0.2) is 0 Å². The van der Waals surface area contributed by atoms with Crippen molar-refractivity contribution in [2.45, 2.75) is 19.3 Å². The Bertz CT molecular complexity index is 2510. The summed E-state index contributed by atoms with van der Waals surface area (Å²) in [6, 6.07) is 0. The van der Waals surface area contributed by atoms with Crippen LogP contribution in [0, 0.1) is 210 Å². The molecule has 0 amide bonds. The van der Waals surface area contributed by atoms with E-state index < -0.39 is 0 Å². The molecule has 0 aliphatic heterocycles. The van der Waals surface area contributed by atoms with Gasteiger partial charge in [-0.25, -0.2) is 0 Å². The highest BCUT2D eigenvalue weighted by molar-refractivity contribution is 6.07. The third-order valence-corrected chi connectivity index (χ3v) is 34.4. The second-order valence-electron chi connectivity index (χ2n) is 26.0. The molecule has 0 aromatic rings. The van der Waals surface area contributed by atoms with Gasteiger partial charge in [-0.05, 0) is 229 Å². The van der Waals surface area contributed by atoms with Crippen molar-refractivity contribution in [2.75, 3.05) is 6.67 Å². The zero-order valence-electron chi connectivity index (χ0n) is 23.2. The summed E-state index contributed by atoms with van der Waals surface area (Å²) in [5.41, 5.74) is 18.3. The molecular weight excluding hydrogens is 511 g/mol. The summed E-state index contributed by atoms with van der Waals surface area (Å²) in [5.74, 6) is 23.0. The Kier molecular flexibility index (Phi) is 0.805. The van der Waals surface area contributed by atoms with Crippen molar-refractivity contribution < 1.29 is 4.39 Å². The average molecular weight is 539 g/mol. The van der Waals surface area contributed by atoms with Gasteiger partial charge in [-0.3, -0.25) is 4.39 Å². The molecule has 37 atom stereocenters. The van der Waals surface area contributed by atoms with E-state index in [2.05, 4.69) is 0 Å². The zero-order valence-corrected chi connectivity index (χ0v) is 23.2. The fourth-order valence-corrected chi connectivity index (χ4v) is 43.3. The van der Waals surface area contributed by atoms with Crippen LogP contribution in [0.15, 0.2) is 0 Å². The topological polar surface area (TPSA) is 0 Å². The summed E-state index contributed by atoms with van der Waals surface area (Å²) in [7, 11) is 0. The van der Waals surface area contributed by atoms with Crippen molar-refractivity contribution in [3.8, 4) is 0 Å². The summed E-state index contributed by atoms with van der Waals surface area (Å²) >= 11 is 0. The molecule has 0 N–H and O–H groups in total. The van der Waals surface area contributed by atoms with Crippen LogP contribution in [-0.2, 0) is 0 Å². The van der Waals surface area contributed by atoms with Gasteiger partial charge in [0.2, 0.25) is 0 Å². The Morgan fingerprint density at radius 2 is 0.690 bits per heavy atom. The number of rotatable bonds is 1. The van der Waals surface area contributed by atoms with Crippen molar-refractivity contribution in [2.24, 2.45) is 210 Å². The van der Waals surface area contributed by atoms with Crippen molar-refractivity contribution in [3.05, 3.63) is 0 Å². The van der Waals surface area contributed by atoms with Crippen LogP contribution in [-0.4, -0.2) is 6.67 Å². The number of hydrogen-bond acceptors (Lipinski definition) is 0. The van der Waals surface area contributed by atoms with E-state index in [0.717, 1.165) is 121 Å². The van der Waals surface area contributed by atoms with Gasteiger partial charge in [-0.15, -0.1) is 0 Å². The lowest BCUT2D eigenvalue weighted by Gasteiger charge is -3.62. The molecule has 0 aromatic heterocycles. The lowest BCUT2D eigenvalue weighted by molar-refractivity contribution is -1.18. The first-order chi connectivity index (χ1) is 20.8. The summed E-state index contributed by atoms with van der Waals surface area (Å²) in [6.07, 6.45) is 5.25. The van der Waals surface area contributed by atoms with E-state index in [0.29, 0.717) is 5.92 Å². The number of hydrogen-bond donors (Lipinski definition) is 0. The van der Waals surface area contributed by atoms with Crippen LogP contribution in [0.3, 0.4) is 0 Å². The van der Waals surface area contributed by atoms with Gasteiger partial charge < -0.3 is 0 Å². The minimum atomic E-state index is 0.115. The SMILES string of the molecule is FCC1C2C3C4CC5C6C7C8C9C%10CC%11C%12C%13CC%14C%15C%16C%17C%18C1C21C32C45C63C74C85C96C%11%10C%127C%13%14C%158C%169C%17%10C%181C23C4%10C59C768. The van der Waals surface area contributed by atoms with E-state index in [4.69, 9.17) is 0 Å². The molecule has 28 aliphatic rings. The molecular formula is C41H27F. The minimum absolute atomic E-state index is 0.115. The molecule has 0 saturated heterocycles. The third-order valence-electron chi connectivity index (χ3n) is 34.4. The molecule has 1 heteroatoms. The Morgan fingerprint density at radius 3 is 1.19 bits per heavy atom. The average Bonchev–Trinajstić information content (AvgIpc) is 2.85. The van der Waals surface area contributed by atoms with Crippen LogP contribution in [0.25, 0.3) is 0 Å². The zero-order chi connectivity index (χ0) is 23.8. The maximum atomic E-state index is 15.2. The number of alkyl halides is 1. The first-order valence-corrected chi connectivity index (χ1v) is 20.4. The smallest absolute Gasteiger partial charge is 0.0928 e. The maximum absolute atomic E-state index is 15.2. The standard InChI is InChI=1S/C41H27F/c42-4-5-12-15-8-3-11-17-21-20-16-9-1-6-14-7-2-10-18-22-23-19-13(5)27(12)29(15)26(8,11)32(17)35(21)34(20)30(16)24(6,9)28(14)25(7,10)31(18)36(22)37(23)33(19,27)39(29,32)41(35,37)40(34,36)38(28,30)31/h5-23H,1-4H2. The van der Waals surface area contributed by atoms with E-state index in [1.807, 2.05) is 0 Å². The van der Waals surface area contributed by atoms with Gasteiger partial charge in [-0.2, -0.15) is 0 Å². The Morgan fingerprint density at radius 1 is 0.333 bits per heavy atom. The van der Waals surface area contributed by atoms with Crippen LogP contribution in [0.1, 0.15) is 19.3 Å². The number of halogens is 1. The Hall–Kier alpha value is -0.0700. The molecule has 0 heterocycles. The van der Waals surface area contributed by atoms with Crippen molar-refractivity contribution >= 4 is 0 Å². The molecule has 42 heavy (non-hydrogen) atoms. The highest BCUT2D eigenvalue weighted by Crippen LogP contribution is 3.64. The minimum Gasteiger partial charge on any atom is -0.251 e. The molecule has 0 radical (unpaired) electrons. The largest absolute Gasteiger partial charge is 0.251 e. The van der Waals surface area contributed by atoms with Crippen molar-refractivity contribution in [1.82, 2.24) is 0 Å². The van der Waals surface area contributed by atoms with Gasteiger partial charge in [0.05, 0.1) is 6.67 Å². The Balaban J connectivity index is 0.928. The van der Waals surface area contributed by atoms with Crippen LogP contribution < -0.4 is 0 Å². The van der Waals surface area contributed by atoms with Crippen LogP contribution in [0.2, 0.25) is 0 Å². The van der Waals surface area contributed by atoms with E-state index >= 15 is 4.39 Å². The number of fused-ring (bicyclic) bond motifs is 14. The maximum Gasteiger partial charge on any atom is 0.0928 e. The summed E-state index contributed by atoms with van der Waals surface area (Å²) in [4.78, 5) is 0. The summed E-state index contributed by atoms with van der Waals surface area (Å²) in [6.45, 7) is 0.115. The van der Waals surface area contributed by atoms with Crippen molar-refractivity contribution in [1.29, 1.82) is 0 Å². The second-order valence-corrected chi connectivity index (χ2v) is 26.0. The predicted molar refractivity (Wildman–Crippen MR) is 130 cm³/mol. The Labute approximate surface area is 239 Å². The van der Waals surface area contributed by atoms with E-state index in [-0.39, 0.29) is 6.67 Å². The molecule has 28 fully saturated rings. The highest BCUT2D eigenvalue weighted by atomic mass is 19.1. The highest BCUT2D eigenvalue weighted by Gasteiger charge is 3.63. The molecule has 37 unspecified atom stereocenters. The van der Waals surface area contributed by atoms with Gasteiger partial charge in [0.1, 0.15) is 0 Å². The molecule has 28 aliphatic carbocycles. The molecule has 0 bridgehead atoms. The van der Waals surface area contributed by atoms with E-state index in [1.165, 1.54) is 82.9 Å². The second kappa shape index (κ2) is 2.29. The molecule has 0 nitrogen and oxygen atoms in total. The molecule has 0 aromatic carbocycles. The fraction of sp³-hybridized carbons (Fsp3) is 1.00. The van der Waals surface area contributed by atoms with E-state index in [1.54, 1.807) is 19.3 Å². The van der Waals surface area contributed by atoms with Crippen molar-refractivity contribution in [3.63, 3.8) is 0 Å². The van der Waals surface area contributed by atoms with Gasteiger partial charge in [-0.1, -0.05) is 0 Å². The first-order valence-electron chi connectivity index (χ1n) is 20.4. The lowest BCUT2D eigenvalue weighted by atomic mass is 8.40.